The van der Waals surface area contributed by atoms with Crippen molar-refractivity contribution >= 4 is 23.8 Å². The molecule has 0 aliphatic rings. The zero-order chi connectivity index (χ0) is 20.0. The van der Waals surface area contributed by atoms with Gasteiger partial charge >= 0.3 is 6.18 Å². The lowest BCUT2D eigenvalue weighted by Gasteiger charge is -2.13. The van der Waals surface area contributed by atoms with E-state index in [2.05, 4.69) is 4.99 Å². The number of thioether (sulfide) groups is 1. The number of rotatable bonds is 7. The van der Waals surface area contributed by atoms with E-state index < -0.39 is 11.9 Å². The molecule has 146 valence electrons. The van der Waals surface area contributed by atoms with Gasteiger partial charge in [0, 0.05) is 18.5 Å². The van der Waals surface area contributed by atoms with Gasteiger partial charge in [-0.05, 0) is 62.2 Å². The van der Waals surface area contributed by atoms with Gasteiger partial charge < -0.3 is 9.64 Å². The van der Waals surface area contributed by atoms with Crippen molar-refractivity contribution in [1.29, 1.82) is 0 Å². The number of benzene rings is 2. The van der Waals surface area contributed by atoms with E-state index in [0.717, 1.165) is 35.1 Å². The average Bonchev–Trinajstić information content (AvgIpc) is 2.61. The first-order valence-electron chi connectivity index (χ1n) is 8.51. The first-order chi connectivity index (χ1) is 12.7. The lowest BCUT2D eigenvalue weighted by molar-refractivity contribution is -0.105. The summed E-state index contributed by atoms with van der Waals surface area (Å²) in [5.74, 6) is 0.243. The second kappa shape index (κ2) is 9.17. The fraction of sp³-hybridized carbons (Fsp3) is 0.350. The maximum absolute atomic E-state index is 12.4. The Morgan fingerprint density at radius 3 is 2.56 bits per heavy atom. The molecule has 7 heteroatoms. The monoisotopic (exact) mass is 396 g/mol. The Balaban J connectivity index is 2.15. The smallest absolute Gasteiger partial charge is 0.398 e. The Hall–Kier alpha value is -2.15. The minimum Gasteiger partial charge on any atom is -0.457 e. The number of hydrogen-bond donors (Lipinski definition) is 0. The number of ether oxygens (including phenoxy) is 1. The molecule has 0 aromatic heterocycles. The van der Waals surface area contributed by atoms with Crippen LogP contribution in [0.2, 0.25) is 0 Å². The van der Waals surface area contributed by atoms with Crippen LogP contribution in [0.4, 0.5) is 18.9 Å². The Bertz CT molecular complexity index is 806. The van der Waals surface area contributed by atoms with Crippen LogP contribution in [0.25, 0.3) is 0 Å². The first kappa shape index (κ1) is 21.2. The molecule has 2 rings (SSSR count). The zero-order valence-corrected chi connectivity index (χ0v) is 16.6. The Morgan fingerprint density at radius 2 is 1.89 bits per heavy atom. The maximum atomic E-state index is 12.4. The van der Waals surface area contributed by atoms with E-state index in [1.54, 1.807) is 30.6 Å². The van der Waals surface area contributed by atoms with Crippen LogP contribution in [0.15, 0.2) is 46.3 Å². The van der Waals surface area contributed by atoms with Crippen molar-refractivity contribution in [2.24, 2.45) is 4.99 Å². The van der Waals surface area contributed by atoms with Crippen molar-refractivity contribution in [1.82, 2.24) is 4.90 Å². The largest absolute Gasteiger partial charge is 0.457 e. The van der Waals surface area contributed by atoms with Gasteiger partial charge in [-0.15, -0.1) is 11.8 Å². The average molecular weight is 396 g/mol. The molecule has 0 radical (unpaired) electrons. The zero-order valence-electron chi connectivity index (χ0n) is 15.8. The van der Waals surface area contributed by atoms with E-state index in [9.17, 15) is 13.2 Å². The van der Waals surface area contributed by atoms with Crippen molar-refractivity contribution in [2.45, 2.75) is 31.8 Å². The molecule has 0 N–H and O–H groups in total. The van der Waals surface area contributed by atoms with Crippen LogP contribution >= 0.6 is 11.8 Å². The quantitative estimate of drug-likeness (QED) is 0.309. The van der Waals surface area contributed by atoms with Gasteiger partial charge in [0.1, 0.15) is 11.5 Å². The minimum absolute atomic E-state index is 0.506. The molecule has 0 atom stereocenters. The van der Waals surface area contributed by atoms with E-state index >= 15 is 0 Å². The van der Waals surface area contributed by atoms with E-state index in [1.165, 1.54) is 0 Å². The second-order valence-electron chi connectivity index (χ2n) is 6.20. The number of halogens is 3. The van der Waals surface area contributed by atoms with E-state index in [-0.39, 0.29) is 0 Å². The van der Waals surface area contributed by atoms with Gasteiger partial charge in [0.2, 0.25) is 0 Å². The predicted octanol–water partition coefficient (Wildman–Crippen LogP) is 6.36. The highest BCUT2D eigenvalue weighted by molar-refractivity contribution is 7.99. The van der Waals surface area contributed by atoms with Gasteiger partial charge in [-0.2, -0.15) is 13.2 Å². The van der Waals surface area contributed by atoms with Crippen LogP contribution in [0, 0.1) is 13.8 Å². The Morgan fingerprint density at radius 1 is 1.15 bits per heavy atom. The van der Waals surface area contributed by atoms with Gasteiger partial charge in [-0.25, -0.2) is 4.99 Å². The van der Waals surface area contributed by atoms with Crippen molar-refractivity contribution in [3.05, 3.63) is 47.5 Å². The van der Waals surface area contributed by atoms with E-state index in [4.69, 9.17) is 4.74 Å². The molecular weight excluding hydrogens is 373 g/mol. The molecule has 0 amide bonds. The number of alkyl halides is 3. The SMILES string of the molecule is CCN(C)C=Nc1cc(C)c(Oc2cccc(SCC(F)(F)F)c2)cc1C. The Kier molecular flexibility index (Phi) is 7.18. The molecule has 0 saturated carbocycles. The summed E-state index contributed by atoms with van der Waals surface area (Å²) in [7, 11) is 1.95. The minimum atomic E-state index is -4.20. The molecule has 2 aromatic rings. The highest BCUT2D eigenvalue weighted by Gasteiger charge is 2.27. The standard InChI is InChI=1S/C20H23F3N2OS/c1-5-25(4)13-24-18-9-15(3)19(10-14(18)2)26-16-7-6-8-17(11-16)27-12-20(21,22)23/h6-11,13H,5,12H2,1-4H3. The molecule has 0 saturated heterocycles. The third-order valence-electron chi connectivity index (χ3n) is 3.82. The van der Waals surface area contributed by atoms with Crippen molar-refractivity contribution in [2.75, 3.05) is 19.3 Å². The summed E-state index contributed by atoms with van der Waals surface area (Å²) in [4.78, 5) is 6.97. The third-order valence-corrected chi connectivity index (χ3v) is 4.88. The molecule has 27 heavy (non-hydrogen) atoms. The fourth-order valence-corrected chi connectivity index (χ4v) is 2.89. The van der Waals surface area contributed by atoms with Crippen LogP contribution in [0.3, 0.4) is 0 Å². The van der Waals surface area contributed by atoms with Crippen LogP contribution in [-0.4, -0.2) is 36.8 Å². The van der Waals surface area contributed by atoms with Gasteiger partial charge in [-0.1, -0.05) is 6.07 Å². The number of aliphatic imine (C=N–C) groups is 1. The summed E-state index contributed by atoms with van der Waals surface area (Å²) in [6.07, 6.45) is -2.42. The summed E-state index contributed by atoms with van der Waals surface area (Å²) in [6.45, 7) is 6.77. The molecule has 0 fully saturated rings. The van der Waals surface area contributed by atoms with E-state index in [0.29, 0.717) is 16.4 Å². The van der Waals surface area contributed by atoms with Crippen molar-refractivity contribution < 1.29 is 17.9 Å². The van der Waals surface area contributed by atoms with Gasteiger partial charge in [-0.3, -0.25) is 0 Å². The molecule has 3 nitrogen and oxygen atoms in total. The summed E-state index contributed by atoms with van der Waals surface area (Å²) < 4.78 is 43.1. The van der Waals surface area contributed by atoms with Crippen LogP contribution in [0.5, 0.6) is 11.5 Å². The van der Waals surface area contributed by atoms with Crippen LogP contribution < -0.4 is 4.74 Å². The van der Waals surface area contributed by atoms with Gasteiger partial charge in [0.25, 0.3) is 0 Å². The summed E-state index contributed by atoms with van der Waals surface area (Å²) in [5.41, 5.74) is 2.72. The fourth-order valence-electron chi connectivity index (χ4n) is 2.19. The lowest BCUT2D eigenvalue weighted by atomic mass is 10.1. The summed E-state index contributed by atoms with van der Waals surface area (Å²) in [5, 5.41) is 0. The molecule has 0 aliphatic carbocycles. The summed E-state index contributed by atoms with van der Waals surface area (Å²) >= 11 is 0.744. The van der Waals surface area contributed by atoms with Gasteiger partial charge in [0.15, 0.2) is 0 Å². The van der Waals surface area contributed by atoms with Crippen molar-refractivity contribution in [3.63, 3.8) is 0 Å². The van der Waals surface area contributed by atoms with Crippen LogP contribution in [-0.2, 0) is 0 Å². The molecule has 0 bridgehead atoms. The molecule has 0 heterocycles. The molecule has 0 unspecified atom stereocenters. The topological polar surface area (TPSA) is 24.8 Å². The number of aryl methyl sites for hydroxylation is 2. The molecular formula is C20H23F3N2OS. The normalized spacial score (nSPS) is 11.8. The van der Waals surface area contributed by atoms with Crippen molar-refractivity contribution in [3.8, 4) is 11.5 Å². The molecule has 2 aromatic carbocycles. The number of nitrogens with zero attached hydrogens (tertiary/aromatic N) is 2. The Labute approximate surface area is 162 Å². The van der Waals surface area contributed by atoms with Gasteiger partial charge in [0.05, 0.1) is 17.8 Å². The first-order valence-corrected chi connectivity index (χ1v) is 9.49. The number of hydrogen-bond acceptors (Lipinski definition) is 3. The highest BCUT2D eigenvalue weighted by atomic mass is 32.2. The lowest BCUT2D eigenvalue weighted by Crippen LogP contribution is -2.14. The van der Waals surface area contributed by atoms with E-state index in [1.807, 2.05) is 44.9 Å². The predicted molar refractivity (Wildman–Crippen MR) is 106 cm³/mol. The second-order valence-corrected chi connectivity index (χ2v) is 7.25. The third kappa shape index (κ3) is 6.82. The van der Waals surface area contributed by atoms with Crippen LogP contribution in [0.1, 0.15) is 18.1 Å². The highest BCUT2D eigenvalue weighted by Crippen LogP contribution is 2.34. The molecule has 0 aliphatic heterocycles. The maximum Gasteiger partial charge on any atom is 0.398 e. The molecule has 0 spiro atoms. The summed E-state index contributed by atoms with van der Waals surface area (Å²) in [6, 6.07) is 10.5.